The highest BCUT2D eigenvalue weighted by molar-refractivity contribution is 6.04. The smallest absolute Gasteiger partial charge is 0.365 e. The number of nitrogens with zero attached hydrogens (tertiary/aromatic N) is 5. The van der Waals surface area contributed by atoms with Crippen molar-refractivity contribution in [1.29, 1.82) is 0 Å². The van der Waals surface area contributed by atoms with Crippen molar-refractivity contribution in [1.82, 2.24) is 25.1 Å². The highest BCUT2D eigenvalue weighted by Crippen LogP contribution is 2.18. The van der Waals surface area contributed by atoms with Crippen molar-refractivity contribution >= 4 is 17.3 Å². The van der Waals surface area contributed by atoms with E-state index in [0.29, 0.717) is 16.9 Å². The van der Waals surface area contributed by atoms with Crippen LogP contribution in [0.4, 0.5) is 11.4 Å². The van der Waals surface area contributed by atoms with Crippen LogP contribution in [0.3, 0.4) is 0 Å². The Hall–Kier alpha value is -3.46. The lowest BCUT2D eigenvalue weighted by Gasteiger charge is -2.35. The number of benzene rings is 2. The van der Waals surface area contributed by atoms with Crippen LogP contribution in [0.5, 0.6) is 0 Å². The Kier molecular flexibility index (Phi) is 5.39. The normalized spacial score (nSPS) is 14.7. The first kappa shape index (κ1) is 18.9. The molecule has 2 N–H and O–H groups in total. The molecule has 1 aliphatic heterocycles. The van der Waals surface area contributed by atoms with Gasteiger partial charge in [-0.3, -0.25) is 4.79 Å². The van der Waals surface area contributed by atoms with Gasteiger partial charge in [0.2, 0.25) is 0 Å². The van der Waals surface area contributed by atoms with Gasteiger partial charge in [-0.05, 0) is 65.5 Å². The summed E-state index contributed by atoms with van der Waals surface area (Å²) < 4.78 is 1.14. The van der Waals surface area contributed by atoms with Crippen LogP contribution in [0.1, 0.15) is 17.3 Å². The number of tetrazole rings is 1. The molecule has 1 aromatic heterocycles. The summed E-state index contributed by atoms with van der Waals surface area (Å²) >= 11 is 0. The largest absolute Gasteiger partial charge is 0.369 e. The van der Waals surface area contributed by atoms with Crippen LogP contribution in [-0.2, 0) is 0 Å². The number of hydrogen-bond acceptors (Lipinski definition) is 6. The summed E-state index contributed by atoms with van der Waals surface area (Å²) in [7, 11) is 0. The number of H-pyrrole nitrogens is 1. The van der Waals surface area contributed by atoms with E-state index in [1.54, 1.807) is 24.3 Å². The van der Waals surface area contributed by atoms with Crippen LogP contribution >= 0.6 is 0 Å². The lowest BCUT2D eigenvalue weighted by Crippen LogP contribution is -2.46. The van der Waals surface area contributed by atoms with Crippen molar-refractivity contribution < 1.29 is 4.79 Å². The van der Waals surface area contributed by atoms with E-state index in [0.717, 1.165) is 43.1 Å². The van der Waals surface area contributed by atoms with Crippen molar-refractivity contribution in [3.05, 3.63) is 64.6 Å². The predicted molar refractivity (Wildman–Crippen MR) is 111 cm³/mol. The summed E-state index contributed by atoms with van der Waals surface area (Å²) in [6.07, 6.45) is 0. The number of nitrogens with one attached hydrogen (secondary N) is 2. The van der Waals surface area contributed by atoms with Crippen molar-refractivity contribution in [2.24, 2.45) is 0 Å². The van der Waals surface area contributed by atoms with Crippen LogP contribution in [0, 0.1) is 0 Å². The van der Waals surface area contributed by atoms with Crippen molar-refractivity contribution in [3.63, 3.8) is 0 Å². The molecule has 29 heavy (non-hydrogen) atoms. The molecule has 0 atom stereocenters. The monoisotopic (exact) mass is 393 g/mol. The van der Waals surface area contributed by atoms with E-state index in [1.165, 1.54) is 0 Å². The second-order valence-electron chi connectivity index (χ2n) is 6.89. The van der Waals surface area contributed by atoms with E-state index in [-0.39, 0.29) is 5.91 Å². The van der Waals surface area contributed by atoms with Gasteiger partial charge in [-0.25, -0.2) is 9.89 Å². The standard InChI is InChI=1S/C20H23N7O2/c1-2-25-11-13-26(14-12-25)17-7-3-15(4-8-17)19(28)21-16-5-9-18(10-6-16)27-20(29)22-23-24-27/h3-10H,2,11-14H2,1H3,(H,21,28)(H,22,24,29). The SMILES string of the molecule is CCN1CCN(c2ccc(C(=O)Nc3ccc(-n4nn[nH]c4=O)cc3)cc2)CC1. The van der Waals surface area contributed by atoms with Gasteiger partial charge in [-0.15, -0.1) is 0 Å². The highest BCUT2D eigenvalue weighted by atomic mass is 16.2. The number of carbonyl (C=O) groups excluding carboxylic acids is 1. The summed E-state index contributed by atoms with van der Waals surface area (Å²) in [5.41, 5.74) is 2.51. The Morgan fingerprint density at radius 2 is 1.66 bits per heavy atom. The summed E-state index contributed by atoms with van der Waals surface area (Å²) in [5, 5.41) is 12.2. The number of aromatic nitrogens is 4. The van der Waals surface area contributed by atoms with E-state index < -0.39 is 5.69 Å². The Morgan fingerprint density at radius 3 is 2.24 bits per heavy atom. The summed E-state index contributed by atoms with van der Waals surface area (Å²) in [5.74, 6) is -0.182. The molecule has 2 aromatic carbocycles. The molecule has 0 unspecified atom stereocenters. The van der Waals surface area contributed by atoms with Gasteiger partial charge in [0.15, 0.2) is 0 Å². The Bertz CT molecular complexity index is 1020. The zero-order valence-corrected chi connectivity index (χ0v) is 16.2. The van der Waals surface area contributed by atoms with Gasteiger partial charge in [0.05, 0.1) is 5.69 Å². The first-order valence-electron chi connectivity index (χ1n) is 9.63. The molecule has 150 valence electrons. The third-order valence-electron chi connectivity index (χ3n) is 5.16. The Morgan fingerprint density at radius 1 is 1.00 bits per heavy atom. The Labute approximate surface area is 167 Å². The molecule has 0 saturated carbocycles. The van der Waals surface area contributed by atoms with Crippen molar-refractivity contribution in [2.75, 3.05) is 42.9 Å². The zero-order valence-electron chi connectivity index (χ0n) is 16.2. The number of likely N-dealkylation sites (N-methyl/N-ethyl adjacent to an activating group) is 1. The molecule has 1 fully saturated rings. The Balaban J connectivity index is 1.38. The molecule has 0 spiro atoms. The van der Waals surface area contributed by atoms with E-state index in [1.807, 2.05) is 24.3 Å². The minimum absolute atomic E-state index is 0.182. The molecule has 0 radical (unpaired) electrons. The third kappa shape index (κ3) is 4.19. The van der Waals surface area contributed by atoms with Crippen LogP contribution in [0.15, 0.2) is 53.3 Å². The van der Waals surface area contributed by atoms with E-state index >= 15 is 0 Å². The quantitative estimate of drug-likeness (QED) is 0.679. The molecular formula is C20H23N7O2. The maximum absolute atomic E-state index is 12.5. The third-order valence-corrected chi connectivity index (χ3v) is 5.16. The number of rotatable bonds is 5. The topological polar surface area (TPSA) is 99.1 Å². The number of hydrogen-bond donors (Lipinski definition) is 2. The molecule has 1 saturated heterocycles. The van der Waals surface area contributed by atoms with Gasteiger partial charge < -0.3 is 15.1 Å². The highest BCUT2D eigenvalue weighted by Gasteiger charge is 2.16. The van der Waals surface area contributed by atoms with Crippen molar-refractivity contribution in [2.45, 2.75) is 6.92 Å². The van der Waals surface area contributed by atoms with Gasteiger partial charge in [0.25, 0.3) is 5.91 Å². The van der Waals surface area contributed by atoms with Gasteiger partial charge in [-0.2, -0.15) is 4.68 Å². The maximum atomic E-state index is 12.5. The minimum Gasteiger partial charge on any atom is -0.369 e. The fourth-order valence-electron chi connectivity index (χ4n) is 3.40. The molecule has 1 aliphatic rings. The van der Waals surface area contributed by atoms with Crippen LogP contribution in [-0.4, -0.2) is 63.7 Å². The lowest BCUT2D eigenvalue weighted by molar-refractivity contribution is 0.102. The average Bonchev–Trinajstić information content (AvgIpc) is 3.20. The second kappa shape index (κ2) is 8.27. The summed E-state index contributed by atoms with van der Waals surface area (Å²) in [6, 6.07) is 14.5. The summed E-state index contributed by atoms with van der Waals surface area (Å²) in [4.78, 5) is 28.9. The molecule has 0 aliphatic carbocycles. The number of piperazine rings is 1. The number of amides is 1. The fourth-order valence-corrected chi connectivity index (χ4v) is 3.40. The number of carbonyl (C=O) groups is 1. The lowest BCUT2D eigenvalue weighted by atomic mass is 10.1. The van der Waals surface area contributed by atoms with E-state index in [9.17, 15) is 9.59 Å². The van der Waals surface area contributed by atoms with Gasteiger partial charge in [0.1, 0.15) is 0 Å². The predicted octanol–water partition coefficient (Wildman–Crippen LogP) is 1.35. The molecule has 3 aromatic rings. The molecule has 9 nitrogen and oxygen atoms in total. The summed E-state index contributed by atoms with van der Waals surface area (Å²) in [6.45, 7) is 7.40. The molecule has 4 rings (SSSR count). The maximum Gasteiger partial charge on any atom is 0.365 e. The van der Waals surface area contributed by atoms with Gasteiger partial charge in [0, 0.05) is 43.1 Å². The van der Waals surface area contributed by atoms with E-state index in [2.05, 4.69) is 37.6 Å². The molecule has 0 bridgehead atoms. The number of aromatic amines is 1. The average molecular weight is 393 g/mol. The van der Waals surface area contributed by atoms with E-state index in [4.69, 9.17) is 0 Å². The zero-order chi connectivity index (χ0) is 20.2. The first-order valence-corrected chi connectivity index (χ1v) is 9.63. The minimum atomic E-state index is -0.419. The van der Waals surface area contributed by atoms with Gasteiger partial charge >= 0.3 is 5.69 Å². The molecule has 9 heteroatoms. The molecule has 1 amide bonds. The van der Waals surface area contributed by atoms with Crippen LogP contribution in [0.25, 0.3) is 5.69 Å². The number of anilines is 2. The molecular weight excluding hydrogens is 370 g/mol. The molecule has 2 heterocycles. The fraction of sp³-hybridized carbons (Fsp3) is 0.300. The van der Waals surface area contributed by atoms with Crippen LogP contribution in [0.2, 0.25) is 0 Å². The van der Waals surface area contributed by atoms with Crippen molar-refractivity contribution in [3.8, 4) is 5.69 Å². The second-order valence-corrected chi connectivity index (χ2v) is 6.89. The van der Waals surface area contributed by atoms with Crippen LogP contribution < -0.4 is 15.9 Å². The first-order chi connectivity index (χ1) is 14.1. The van der Waals surface area contributed by atoms with Gasteiger partial charge in [-0.1, -0.05) is 6.92 Å².